The second-order valence-electron chi connectivity index (χ2n) is 5.19. The second-order valence-corrected chi connectivity index (χ2v) is 7.00. The number of aromatic nitrogens is 1. The highest BCUT2D eigenvalue weighted by atomic mass is 35.5. The van der Waals surface area contributed by atoms with E-state index < -0.39 is 0 Å². The number of nitrogens with zero attached hydrogens (tertiary/aromatic N) is 2. The van der Waals surface area contributed by atoms with Crippen molar-refractivity contribution in [3.05, 3.63) is 27.9 Å². The predicted molar refractivity (Wildman–Crippen MR) is 97.6 cm³/mol. The van der Waals surface area contributed by atoms with Gasteiger partial charge in [0.25, 0.3) is 5.91 Å². The molecule has 1 aliphatic heterocycles. The molecular weight excluding hydrogens is 361 g/mol. The first-order valence-corrected chi connectivity index (χ1v) is 8.44. The molecule has 2 aromatic rings. The fraction of sp³-hybridized carbons (Fsp3) is 0.429. The number of hydrogen-bond acceptors (Lipinski definition) is 5. The van der Waals surface area contributed by atoms with Crippen molar-refractivity contribution in [2.75, 3.05) is 13.1 Å². The summed E-state index contributed by atoms with van der Waals surface area (Å²) in [6, 6.07) is 2.29. The zero-order chi connectivity index (χ0) is 14.1. The summed E-state index contributed by atoms with van der Waals surface area (Å²) in [5.74, 6) is 0.519. The van der Waals surface area contributed by atoms with Gasteiger partial charge >= 0.3 is 0 Å². The molecule has 1 amide bonds. The summed E-state index contributed by atoms with van der Waals surface area (Å²) in [6.07, 6.45) is 2.70. The minimum absolute atomic E-state index is 0. The lowest BCUT2D eigenvalue weighted by molar-refractivity contribution is 0.0748. The summed E-state index contributed by atoms with van der Waals surface area (Å²) in [5, 5.41) is 4.99. The molecule has 22 heavy (non-hydrogen) atoms. The van der Waals surface area contributed by atoms with Crippen molar-refractivity contribution in [3.8, 4) is 10.6 Å². The maximum Gasteiger partial charge on any atom is 0.265 e. The Morgan fingerprint density at radius 2 is 2.27 bits per heavy atom. The Labute approximate surface area is 150 Å². The molecule has 4 nitrogen and oxygen atoms in total. The molecule has 1 saturated heterocycles. The smallest absolute Gasteiger partial charge is 0.265 e. The third kappa shape index (κ3) is 3.81. The molecule has 0 bridgehead atoms. The van der Waals surface area contributed by atoms with E-state index in [-0.39, 0.29) is 36.8 Å². The van der Waals surface area contributed by atoms with Crippen molar-refractivity contribution in [2.24, 2.45) is 11.7 Å². The number of hydrogen-bond donors (Lipinski definition) is 1. The van der Waals surface area contributed by atoms with E-state index >= 15 is 0 Å². The number of thiazole rings is 1. The molecule has 0 spiro atoms. The normalized spacial score (nSPS) is 20.4. The zero-order valence-electron chi connectivity index (χ0n) is 12.1. The molecule has 0 aromatic carbocycles. The highest BCUT2D eigenvalue weighted by molar-refractivity contribution is 7.17. The van der Waals surface area contributed by atoms with Gasteiger partial charge in [-0.15, -0.1) is 36.2 Å². The number of amides is 1. The van der Waals surface area contributed by atoms with Gasteiger partial charge in [-0.05, 0) is 37.3 Å². The number of halogens is 2. The Balaban J connectivity index is 0.00000121. The molecular formula is C14H19Cl2N3OS2. The Morgan fingerprint density at radius 1 is 1.50 bits per heavy atom. The van der Waals surface area contributed by atoms with Crippen molar-refractivity contribution in [1.82, 2.24) is 9.88 Å². The van der Waals surface area contributed by atoms with Crippen LogP contribution in [-0.4, -0.2) is 34.9 Å². The SMILES string of the molecule is CC1CC(CN)CN1C(=O)c1cnc(-c2ccsc2)s1.Cl.Cl. The van der Waals surface area contributed by atoms with Crippen LogP contribution in [0.3, 0.4) is 0 Å². The van der Waals surface area contributed by atoms with Crippen LogP contribution in [0, 0.1) is 5.92 Å². The highest BCUT2D eigenvalue weighted by Gasteiger charge is 2.32. The third-order valence-corrected chi connectivity index (χ3v) is 5.46. The molecule has 3 rings (SSSR count). The standard InChI is InChI=1S/C14H17N3OS2.2ClH/c1-9-4-10(5-15)7-17(9)14(18)12-6-16-13(20-12)11-2-3-19-8-11;;/h2-3,6,8-10H,4-5,7,15H2,1H3;2*1H. The Morgan fingerprint density at radius 3 is 2.86 bits per heavy atom. The van der Waals surface area contributed by atoms with Crippen molar-refractivity contribution in [1.29, 1.82) is 0 Å². The lowest BCUT2D eigenvalue weighted by atomic mass is 10.1. The van der Waals surface area contributed by atoms with Gasteiger partial charge in [0.2, 0.25) is 0 Å². The van der Waals surface area contributed by atoms with E-state index in [0.29, 0.717) is 12.5 Å². The molecule has 2 N–H and O–H groups in total. The number of thiophene rings is 1. The quantitative estimate of drug-likeness (QED) is 0.886. The summed E-state index contributed by atoms with van der Waals surface area (Å²) < 4.78 is 0. The molecule has 1 fully saturated rings. The molecule has 0 aliphatic carbocycles. The average Bonchev–Trinajstić information content (AvgIpc) is 3.17. The van der Waals surface area contributed by atoms with Crippen molar-refractivity contribution in [2.45, 2.75) is 19.4 Å². The number of carbonyl (C=O) groups is 1. The van der Waals surface area contributed by atoms with Gasteiger partial charge in [-0.1, -0.05) is 0 Å². The van der Waals surface area contributed by atoms with E-state index in [1.54, 1.807) is 17.5 Å². The van der Waals surface area contributed by atoms with Crippen LogP contribution < -0.4 is 5.73 Å². The molecule has 8 heteroatoms. The Bertz CT molecular complexity index is 603. The molecule has 1 aliphatic rings. The van der Waals surface area contributed by atoms with Gasteiger partial charge in [0.05, 0.1) is 6.20 Å². The van der Waals surface area contributed by atoms with Crippen LogP contribution in [0.5, 0.6) is 0 Å². The first-order valence-electron chi connectivity index (χ1n) is 6.68. The maximum atomic E-state index is 12.6. The average molecular weight is 380 g/mol. The van der Waals surface area contributed by atoms with Gasteiger partial charge < -0.3 is 10.6 Å². The molecule has 2 atom stereocenters. The van der Waals surface area contributed by atoms with Gasteiger partial charge in [-0.2, -0.15) is 11.3 Å². The van der Waals surface area contributed by atoms with E-state index in [9.17, 15) is 4.79 Å². The van der Waals surface area contributed by atoms with E-state index in [1.165, 1.54) is 11.3 Å². The van der Waals surface area contributed by atoms with Crippen LogP contribution in [0.15, 0.2) is 23.0 Å². The fourth-order valence-corrected chi connectivity index (χ4v) is 4.21. The minimum atomic E-state index is 0. The van der Waals surface area contributed by atoms with Gasteiger partial charge in [0, 0.05) is 23.5 Å². The monoisotopic (exact) mass is 379 g/mol. The van der Waals surface area contributed by atoms with Gasteiger partial charge in [-0.3, -0.25) is 4.79 Å². The first-order chi connectivity index (χ1) is 9.69. The molecule has 3 heterocycles. The summed E-state index contributed by atoms with van der Waals surface area (Å²) in [7, 11) is 0. The van der Waals surface area contributed by atoms with Gasteiger partial charge in [0.1, 0.15) is 9.88 Å². The summed E-state index contributed by atoms with van der Waals surface area (Å²) >= 11 is 3.11. The largest absolute Gasteiger partial charge is 0.335 e. The Hall–Kier alpha value is -0.660. The number of carbonyl (C=O) groups excluding carboxylic acids is 1. The molecule has 2 unspecified atom stereocenters. The van der Waals surface area contributed by atoms with Crippen molar-refractivity contribution in [3.63, 3.8) is 0 Å². The summed E-state index contributed by atoms with van der Waals surface area (Å²) in [5.41, 5.74) is 6.81. The number of rotatable bonds is 3. The molecule has 0 saturated carbocycles. The first kappa shape index (κ1) is 19.4. The van der Waals surface area contributed by atoms with Crippen LogP contribution in [-0.2, 0) is 0 Å². The molecule has 122 valence electrons. The van der Waals surface area contributed by atoms with Crippen LogP contribution >= 0.6 is 47.5 Å². The number of likely N-dealkylation sites (tertiary alicyclic amines) is 1. The zero-order valence-corrected chi connectivity index (χ0v) is 15.4. The minimum Gasteiger partial charge on any atom is -0.335 e. The fourth-order valence-electron chi connectivity index (χ4n) is 2.63. The van der Waals surface area contributed by atoms with Crippen molar-refractivity contribution < 1.29 is 4.79 Å². The van der Waals surface area contributed by atoms with Crippen molar-refractivity contribution >= 4 is 53.4 Å². The van der Waals surface area contributed by atoms with Crippen LogP contribution in [0.2, 0.25) is 0 Å². The van der Waals surface area contributed by atoms with E-state index in [0.717, 1.165) is 28.4 Å². The third-order valence-electron chi connectivity index (χ3n) is 3.74. The highest BCUT2D eigenvalue weighted by Crippen LogP contribution is 2.30. The summed E-state index contributed by atoms with van der Waals surface area (Å²) in [6.45, 7) is 3.51. The van der Waals surface area contributed by atoms with Crippen LogP contribution in [0.1, 0.15) is 23.0 Å². The molecule has 2 aromatic heterocycles. The van der Waals surface area contributed by atoms with Gasteiger partial charge in [-0.25, -0.2) is 4.98 Å². The summed E-state index contributed by atoms with van der Waals surface area (Å²) in [4.78, 5) is 19.6. The predicted octanol–water partition coefficient (Wildman–Crippen LogP) is 3.52. The lowest BCUT2D eigenvalue weighted by Crippen LogP contribution is -2.33. The van der Waals surface area contributed by atoms with E-state index in [4.69, 9.17) is 5.73 Å². The van der Waals surface area contributed by atoms with Gasteiger partial charge in [0.15, 0.2) is 0 Å². The van der Waals surface area contributed by atoms with E-state index in [2.05, 4.69) is 17.3 Å². The Kier molecular flexibility index (Phi) is 7.28. The van der Waals surface area contributed by atoms with Crippen LogP contribution in [0.25, 0.3) is 10.6 Å². The van der Waals surface area contributed by atoms with E-state index in [1.807, 2.05) is 16.3 Å². The molecule has 0 radical (unpaired) electrons. The van der Waals surface area contributed by atoms with Crippen LogP contribution in [0.4, 0.5) is 0 Å². The maximum absolute atomic E-state index is 12.6. The lowest BCUT2D eigenvalue weighted by Gasteiger charge is -2.20. The topological polar surface area (TPSA) is 59.2 Å². The second kappa shape index (κ2) is 8.26. The number of nitrogens with two attached hydrogens (primary N) is 1.